The van der Waals surface area contributed by atoms with Gasteiger partial charge in [0.15, 0.2) is 5.01 Å². The second-order valence-electron chi connectivity index (χ2n) is 8.05. The van der Waals surface area contributed by atoms with E-state index in [1.54, 1.807) is 10.4 Å². The molecule has 0 radical (unpaired) electrons. The van der Waals surface area contributed by atoms with Gasteiger partial charge in [0.1, 0.15) is 16.9 Å². The summed E-state index contributed by atoms with van der Waals surface area (Å²) in [5, 5.41) is 9.10. The van der Waals surface area contributed by atoms with Crippen LogP contribution in [0.15, 0.2) is 23.8 Å². The van der Waals surface area contributed by atoms with Crippen LogP contribution in [-0.2, 0) is 9.47 Å². The maximum absolute atomic E-state index is 11.9. The molecule has 0 unspecified atom stereocenters. The first-order valence-electron chi connectivity index (χ1n) is 10.4. The highest BCUT2D eigenvalue weighted by Crippen LogP contribution is 2.38. The molecule has 10 heteroatoms. The first kappa shape index (κ1) is 19.7. The molecule has 1 amide bonds. The van der Waals surface area contributed by atoms with Gasteiger partial charge in [-0.05, 0) is 25.5 Å². The van der Waals surface area contributed by atoms with Gasteiger partial charge >= 0.3 is 6.09 Å². The van der Waals surface area contributed by atoms with Crippen molar-refractivity contribution >= 4 is 23.2 Å². The third kappa shape index (κ3) is 3.63. The number of amides is 1. The molecule has 1 atom stereocenters. The molecule has 5 rings (SSSR count). The number of hydrogen-bond donors (Lipinski definition) is 0. The second kappa shape index (κ2) is 8.09. The normalized spacial score (nSPS) is 23.6. The zero-order chi connectivity index (χ0) is 20.6. The van der Waals surface area contributed by atoms with E-state index in [9.17, 15) is 4.79 Å². The van der Waals surface area contributed by atoms with Gasteiger partial charge in [-0.1, -0.05) is 11.3 Å². The van der Waals surface area contributed by atoms with Crippen molar-refractivity contribution in [3.63, 3.8) is 0 Å². The van der Waals surface area contributed by atoms with Crippen LogP contribution in [0.1, 0.15) is 13.3 Å². The number of piperazine rings is 1. The Hall–Kier alpha value is -2.30. The predicted octanol–water partition coefficient (Wildman–Crippen LogP) is 1.72. The molecular formula is C20H26N6O3S. The molecule has 3 aliphatic heterocycles. The summed E-state index contributed by atoms with van der Waals surface area (Å²) >= 11 is 1.54. The van der Waals surface area contributed by atoms with Crippen molar-refractivity contribution in [1.29, 1.82) is 0 Å². The van der Waals surface area contributed by atoms with Gasteiger partial charge in [-0.2, -0.15) is 0 Å². The van der Waals surface area contributed by atoms with Crippen molar-refractivity contribution < 1.29 is 14.3 Å². The molecule has 0 N–H and O–H groups in total. The van der Waals surface area contributed by atoms with Gasteiger partial charge in [-0.3, -0.25) is 4.90 Å². The number of carbonyl (C=O) groups is 1. The van der Waals surface area contributed by atoms with Gasteiger partial charge in [0.05, 0.1) is 31.9 Å². The van der Waals surface area contributed by atoms with Crippen molar-refractivity contribution in [2.24, 2.45) is 0 Å². The van der Waals surface area contributed by atoms with Crippen LogP contribution in [0.4, 0.5) is 10.6 Å². The Morgan fingerprint density at radius 1 is 1.33 bits per heavy atom. The van der Waals surface area contributed by atoms with E-state index in [1.807, 2.05) is 19.2 Å². The van der Waals surface area contributed by atoms with Crippen molar-refractivity contribution in [3.05, 3.63) is 23.8 Å². The number of pyridine rings is 1. The molecule has 160 valence electrons. The van der Waals surface area contributed by atoms with Crippen LogP contribution in [0.25, 0.3) is 10.6 Å². The fraction of sp³-hybridized carbons (Fsp3) is 0.600. The standard InChI is InChI=1S/C20H26N6O3S/c1-2-28-19(27)26-12-20(13-26)10-15(11-29-20)24-6-8-25(9-7-24)17-16(4-3-5-21-17)18-23-22-14-30-18/h3-5,14-15H,2,6-13H2,1H3/t15-/m0/s1. The Morgan fingerprint density at radius 3 is 2.90 bits per heavy atom. The Labute approximate surface area is 179 Å². The monoisotopic (exact) mass is 430 g/mol. The van der Waals surface area contributed by atoms with E-state index in [2.05, 4.69) is 31.0 Å². The van der Waals surface area contributed by atoms with Crippen LogP contribution in [0, 0.1) is 0 Å². The first-order valence-corrected chi connectivity index (χ1v) is 11.3. The molecule has 0 bridgehead atoms. The van der Waals surface area contributed by atoms with E-state index in [0.29, 0.717) is 25.7 Å². The van der Waals surface area contributed by atoms with E-state index in [4.69, 9.17) is 9.47 Å². The van der Waals surface area contributed by atoms with Crippen LogP contribution in [0.5, 0.6) is 0 Å². The number of ether oxygens (including phenoxy) is 2. The zero-order valence-electron chi connectivity index (χ0n) is 17.1. The average Bonchev–Trinajstić information content (AvgIpc) is 3.43. The molecule has 2 aromatic heterocycles. The smallest absolute Gasteiger partial charge is 0.409 e. The molecule has 5 heterocycles. The fourth-order valence-electron chi connectivity index (χ4n) is 4.67. The van der Waals surface area contributed by atoms with Crippen LogP contribution >= 0.6 is 11.3 Å². The van der Waals surface area contributed by atoms with E-state index in [1.165, 1.54) is 11.3 Å². The summed E-state index contributed by atoms with van der Waals surface area (Å²) in [6.45, 7) is 8.03. The number of rotatable bonds is 4. The highest BCUT2D eigenvalue weighted by atomic mass is 32.1. The zero-order valence-corrected chi connectivity index (χ0v) is 17.9. The third-order valence-electron chi connectivity index (χ3n) is 6.18. The Bertz CT molecular complexity index is 880. The quantitative estimate of drug-likeness (QED) is 0.725. The minimum Gasteiger partial charge on any atom is -0.450 e. The minimum absolute atomic E-state index is 0.180. The van der Waals surface area contributed by atoms with Crippen LogP contribution in [0.3, 0.4) is 0 Å². The van der Waals surface area contributed by atoms with Crippen LogP contribution in [0.2, 0.25) is 0 Å². The van der Waals surface area contributed by atoms with Gasteiger partial charge in [0, 0.05) is 38.4 Å². The summed E-state index contributed by atoms with van der Waals surface area (Å²) in [6.07, 6.45) is 2.58. The lowest BCUT2D eigenvalue weighted by Gasteiger charge is -2.46. The summed E-state index contributed by atoms with van der Waals surface area (Å²) in [6, 6.07) is 4.42. The van der Waals surface area contributed by atoms with Gasteiger partial charge in [0.25, 0.3) is 0 Å². The molecule has 9 nitrogen and oxygen atoms in total. The number of aromatic nitrogens is 3. The summed E-state index contributed by atoms with van der Waals surface area (Å²) in [7, 11) is 0. The highest BCUT2D eigenvalue weighted by molar-refractivity contribution is 7.12. The van der Waals surface area contributed by atoms with E-state index >= 15 is 0 Å². The number of hydrogen-bond acceptors (Lipinski definition) is 9. The van der Waals surface area contributed by atoms with Gasteiger partial charge in [-0.15, -0.1) is 10.2 Å². The summed E-state index contributed by atoms with van der Waals surface area (Å²) in [5.74, 6) is 0.983. The van der Waals surface area contributed by atoms with E-state index in [-0.39, 0.29) is 11.7 Å². The largest absolute Gasteiger partial charge is 0.450 e. The molecule has 2 aromatic rings. The average molecular weight is 431 g/mol. The molecule has 0 aliphatic carbocycles. The Kier molecular flexibility index (Phi) is 5.30. The molecule has 3 fully saturated rings. The second-order valence-corrected chi connectivity index (χ2v) is 8.88. The van der Waals surface area contributed by atoms with E-state index in [0.717, 1.165) is 55.6 Å². The lowest BCUT2D eigenvalue weighted by atomic mass is 9.89. The van der Waals surface area contributed by atoms with Gasteiger partial charge in [-0.25, -0.2) is 9.78 Å². The van der Waals surface area contributed by atoms with Crippen LogP contribution < -0.4 is 4.90 Å². The molecular weight excluding hydrogens is 404 g/mol. The summed E-state index contributed by atoms with van der Waals surface area (Å²) < 4.78 is 11.2. The maximum atomic E-state index is 11.9. The summed E-state index contributed by atoms with van der Waals surface area (Å²) in [5.41, 5.74) is 2.62. The van der Waals surface area contributed by atoms with Crippen molar-refractivity contribution in [2.75, 3.05) is 57.4 Å². The molecule has 3 saturated heterocycles. The maximum Gasteiger partial charge on any atom is 0.409 e. The molecule has 3 aliphatic rings. The Morgan fingerprint density at radius 2 is 2.17 bits per heavy atom. The lowest BCUT2D eigenvalue weighted by Crippen LogP contribution is -2.63. The van der Waals surface area contributed by atoms with E-state index < -0.39 is 0 Å². The van der Waals surface area contributed by atoms with Gasteiger partial charge in [0.2, 0.25) is 0 Å². The molecule has 1 spiro atoms. The summed E-state index contributed by atoms with van der Waals surface area (Å²) in [4.78, 5) is 23.1. The topological polar surface area (TPSA) is 83.9 Å². The molecule has 30 heavy (non-hydrogen) atoms. The van der Waals surface area contributed by atoms with Crippen LogP contribution in [-0.4, -0.2) is 95.2 Å². The number of anilines is 1. The molecule has 0 aromatic carbocycles. The molecule has 0 saturated carbocycles. The van der Waals surface area contributed by atoms with Crippen molar-refractivity contribution in [2.45, 2.75) is 25.0 Å². The van der Waals surface area contributed by atoms with Gasteiger partial charge < -0.3 is 19.3 Å². The fourth-order valence-corrected chi connectivity index (χ4v) is 5.25. The lowest BCUT2D eigenvalue weighted by molar-refractivity contribution is -0.101. The number of likely N-dealkylation sites (tertiary alicyclic amines) is 1. The van der Waals surface area contributed by atoms with Crippen molar-refractivity contribution in [3.8, 4) is 10.6 Å². The third-order valence-corrected chi connectivity index (χ3v) is 6.91. The number of carbonyl (C=O) groups excluding carboxylic acids is 1. The highest BCUT2D eigenvalue weighted by Gasteiger charge is 2.52. The van der Waals surface area contributed by atoms with Crippen molar-refractivity contribution in [1.82, 2.24) is 25.0 Å². The minimum atomic E-state index is -0.231. The number of nitrogens with zero attached hydrogens (tertiary/aromatic N) is 6. The first-order chi connectivity index (χ1) is 14.7. The Balaban J connectivity index is 1.17. The SMILES string of the molecule is CCOC(=O)N1CC2(C[C@H](N3CCN(c4ncccc4-c4nncs4)CC3)CO2)C1. The predicted molar refractivity (Wildman–Crippen MR) is 113 cm³/mol.